The summed E-state index contributed by atoms with van der Waals surface area (Å²) in [5, 5.41) is 14.8. The van der Waals surface area contributed by atoms with Crippen LogP contribution in [0.5, 0.6) is 5.75 Å². The summed E-state index contributed by atoms with van der Waals surface area (Å²) < 4.78 is 24.6. The number of benzene rings is 1. The van der Waals surface area contributed by atoms with E-state index in [2.05, 4.69) is 19.9 Å². The zero-order valence-corrected chi connectivity index (χ0v) is 17.9. The fraction of sp³-hybridized carbons (Fsp3) is 0.550. The van der Waals surface area contributed by atoms with Crippen molar-refractivity contribution in [3.63, 3.8) is 0 Å². The number of likely N-dealkylation sites (N-methyl/N-ethyl adjacent to an activating group) is 1. The van der Waals surface area contributed by atoms with Crippen molar-refractivity contribution in [2.75, 3.05) is 38.2 Å². The number of carboxylic acids is 1. The molecule has 1 aliphatic rings. The molecule has 30 heavy (non-hydrogen) atoms. The monoisotopic (exact) mass is 412 g/mol. The van der Waals surface area contributed by atoms with Gasteiger partial charge in [-0.05, 0) is 32.0 Å². The molecular weight excluding hydrogens is 386 g/mol. The first-order valence-electron chi connectivity index (χ1n) is 9.77. The summed E-state index contributed by atoms with van der Waals surface area (Å²) in [6.45, 7) is 6.79. The molecule has 1 aromatic carbocycles. The standard InChI is InChI=1S/C20H27FN4O4.Li/c1-13(2)18-22-20(29-23-18)25-8-6-14(7-9-25)24(3)10-11-28-15-4-5-16(19(26)27)17(21)12-15;/h4-5,12-14H,6-11H2,1-3H3,(H,26,27);/q;+1/p-1. The second kappa shape index (κ2) is 10.8. The number of anilines is 1. The molecule has 0 aliphatic carbocycles. The van der Waals surface area contributed by atoms with Gasteiger partial charge in [0.2, 0.25) is 0 Å². The van der Waals surface area contributed by atoms with E-state index in [4.69, 9.17) is 9.26 Å². The van der Waals surface area contributed by atoms with Gasteiger partial charge in [-0.15, -0.1) is 0 Å². The Hall–Kier alpha value is -2.08. The molecule has 0 amide bonds. The largest absolute Gasteiger partial charge is 1.00 e. The van der Waals surface area contributed by atoms with Crippen LogP contribution in [0.15, 0.2) is 22.7 Å². The molecule has 1 aromatic heterocycles. The van der Waals surface area contributed by atoms with Gasteiger partial charge in [-0.1, -0.05) is 19.0 Å². The maximum Gasteiger partial charge on any atom is 1.00 e. The number of hydrogen-bond donors (Lipinski definition) is 0. The summed E-state index contributed by atoms with van der Waals surface area (Å²) in [4.78, 5) is 19.5. The van der Waals surface area contributed by atoms with Gasteiger partial charge in [-0.2, -0.15) is 4.98 Å². The number of aromatic carboxylic acids is 1. The molecule has 2 aromatic rings. The fourth-order valence-electron chi connectivity index (χ4n) is 3.33. The predicted octanol–water partition coefficient (Wildman–Crippen LogP) is -1.32. The van der Waals surface area contributed by atoms with Crippen molar-refractivity contribution in [3.8, 4) is 5.75 Å². The smallest absolute Gasteiger partial charge is 0.545 e. The van der Waals surface area contributed by atoms with Gasteiger partial charge in [-0.25, -0.2) is 4.39 Å². The number of ether oxygens (including phenoxy) is 1. The van der Waals surface area contributed by atoms with Crippen LogP contribution in [0.2, 0.25) is 0 Å². The molecule has 8 nitrogen and oxygen atoms in total. The Balaban J connectivity index is 0.00000320. The predicted molar refractivity (Wildman–Crippen MR) is 102 cm³/mol. The molecule has 0 atom stereocenters. The minimum absolute atomic E-state index is 0. The van der Waals surface area contributed by atoms with Crippen molar-refractivity contribution in [2.45, 2.75) is 38.6 Å². The van der Waals surface area contributed by atoms with Crippen LogP contribution >= 0.6 is 0 Å². The van der Waals surface area contributed by atoms with E-state index in [1.54, 1.807) is 0 Å². The van der Waals surface area contributed by atoms with Crippen molar-refractivity contribution < 1.29 is 42.4 Å². The van der Waals surface area contributed by atoms with E-state index in [0.717, 1.165) is 43.9 Å². The molecule has 0 N–H and O–H groups in total. The van der Waals surface area contributed by atoms with Gasteiger partial charge < -0.3 is 24.1 Å². The molecule has 158 valence electrons. The second-order valence-electron chi connectivity index (χ2n) is 7.57. The summed E-state index contributed by atoms with van der Waals surface area (Å²) in [6.07, 6.45) is 1.93. The maximum atomic E-state index is 13.7. The number of carbonyl (C=O) groups is 1. The minimum Gasteiger partial charge on any atom is -0.545 e. The van der Waals surface area contributed by atoms with Crippen molar-refractivity contribution in [1.82, 2.24) is 15.0 Å². The van der Waals surface area contributed by atoms with Crippen molar-refractivity contribution in [1.29, 1.82) is 0 Å². The summed E-state index contributed by atoms with van der Waals surface area (Å²) in [5.74, 6) is -1.14. The van der Waals surface area contributed by atoms with E-state index in [-0.39, 0.29) is 24.8 Å². The Kier molecular flexibility index (Phi) is 8.71. The molecule has 0 radical (unpaired) electrons. The zero-order chi connectivity index (χ0) is 21.0. The van der Waals surface area contributed by atoms with E-state index >= 15 is 0 Å². The first-order valence-corrected chi connectivity index (χ1v) is 9.77. The molecule has 10 heteroatoms. The third kappa shape index (κ3) is 5.97. The van der Waals surface area contributed by atoms with Crippen LogP contribution in [0.25, 0.3) is 0 Å². The molecular formula is C20H26FLiN4O4. The summed E-state index contributed by atoms with van der Waals surface area (Å²) in [6, 6.07) is 4.64. The molecule has 0 bridgehead atoms. The molecule has 0 unspecified atom stereocenters. The van der Waals surface area contributed by atoms with E-state index in [0.29, 0.717) is 31.0 Å². The molecule has 1 saturated heterocycles. The van der Waals surface area contributed by atoms with Gasteiger partial charge in [0.25, 0.3) is 0 Å². The average molecular weight is 412 g/mol. The molecule has 0 saturated carbocycles. The van der Waals surface area contributed by atoms with Crippen molar-refractivity contribution in [2.24, 2.45) is 0 Å². The van der Waals surface area contributed by atoms with Gasteiger partial charge in [0.15, 0.2) is 5.82 Å². The van der Waals surface area contributed by atoms with E-state index in [9.17, 15) is 14.3 Å². The van der Waals surface area contributed by atoms with Gasteiger partial charge in [-0.3, -0.25) is 4.90 Å². The van der Waals surface area contributed by atoms with E-state index in [1.165, 1.54) is 6.07 Å². The van der Waals surface area contributed by atoms with Gasteiger partial charge >= 0.3 is 24.9 Å². The maximum absolute atomic E-state index is 13.7. The van der Waals surface area contributed by atoms with Crippen LogP contribution < -0.4 is 33.6 Å². The topological polar surface area (TPSA) is 94.8 Å². The number of carbonyl (C=O) groups excluding carboxylic acids is 1. The van der Waals surface area contributed by atoms with Crippen LogP contribution in [0.1, 0.15) is 48.8 Å². The second-order valence-corrected chi connectivity index (χ2v) is 7.57. The number of hydrogen-bond acceptors (Lipinski definition) is 8. The van der Waals surface area contributed by atoms with Gasteiger partial charge in [0.05, 0.1) is 5.97 Å². The zero-order valence-electron chi connectivity index (χ0n) is 17.9. The number of rotatable bonds is 8. The average Bonchev–Trinajstić information content (AvgIpc) is 3.18. The molecule has 3 rings (SSSR count). The van der Waals surface area contributed by atoms with Crippen LogP contribution in [-0.4, -0.2) is 60.3 Å². The number of nitrogens with zero attached hydrogens (tertiary/aromatic N) is 4. The Labute approximate surface area is 187 Å². The number of piperidine rings is 1. The van der Waals surface area contributed by atoms with Gasteiger partial charge in [0.1, 0.15) is 18.2 Å². The normalized spacial score (nSPS) is 14.8. The fourth-order valence-corrected chi connectivity index (χ4v) is 3.33. The quantitative estimate of drug-likeness (QED) is 0.493. The number of aromatic nitrogens is 2. The van der Waals surface area contributed by atoms with E-state index < -0.39 is 17.3 Å². The Morgan fingerprint density at radius 1 is 1.40 bits per heavy atom. The first-order chi connectivity index (χ1) is 13.8. The minimum atomic E-state index is -1.54. The third-order valence-corrected chi connectivity index (χ3v) is 5.18. The van der Waals surface area contributed by atoms with Crippen molar-refractivity contribution in [3.05, 3.63) is 35.4 Å². The summed E-state index contributed by atoms with van der Waals surface area (Å²) in [5.41, 5.74) is -0.469. The van der Waals surface area contributed by atoms with Crippen LogP contribution in [0.3, 0.4) is 0 Å². The molecule has 0 spiro atoms. The molecule has 1 aliphatic heterocycles. The summed E-state index contributed by atoms with van der Waals surface area (Å²) >= 11 is 0. The van der Waals surface area contributed by atoms with Crippen LogP contribution in [0, 0.1) is 5.82 Å². The first kappa shape index (κ1) is 24.2. The van der Waals surface area contributed by atoms with Crippen LogP contribution in [-0.2, 0) is 0 Å². The van der Waals surface area contributed by atoms with Crippen LogP contribution in [0.4, 0.5) is 10.4 Å². The number of halogens is 1. The van der Waals surface area contributed by atoms with Gasteiger partial charge in [0, 0.05) is 43.2 Å². The Morgan fingerprint density at radius 2 is 2.10 bits per heavy atom. The Morgan fingerprint density at radius 3 is 2.67 bits per heavy atom. The SMILES string of the molecule is CC(C)c1noc(N2CCC(N(C)CCOc3ccc(C(=O)[O-])c(F)c3)CC2)n1.[Li+]. The molecule has 2 heterocycles. The van der Waals surface area contributed by atoms with Crippen molar-refractivity contribution >= 4 is 12.0 Å². The Bertz CT molecular complexity index is 840. The van der Waals surface area contributed by atoms with E-state index in [1.807, 2.05) is 20.9 Å². The molecule has 1 fully saturated rings. The number of carboxylic acid groups (broad SMARTS) is 1. The third-order valence-electron chi connectivity index (χ3n) is 5.18. The summed E-state index contributed by atoms with van der Waals surface area (Å²) in [7, 11) is 2.03.